The molecule has 5 heteroatoms. The Morgan fingerprint density at radius 2 is 1.56 bits per heavy atom. The zero-order valence-corrected chi connectivity index (χ0v) is 17.1. The van der Waals surface area contributed by atoms with Gasteiger partial charge < -0.3 is 14.5 Å². The summed E-state index contributed by atoms with van der Waals surface area (Å²) in [5.41, 5.74) is 3.73. The van der Waals surface area contributed by atoms with Crippen molar-refractivity contribution in [2.24, 2.45) is 5.92 Å². The Morgan fingerprint density at radius 3 is 2.22 bits per heavy atom. The van der Waals surface area contributed by atoms with Gasteiger partial charge in [-0.1, -0.05) is 12.8 Å². The second-order valence-corrected chi connectivity index (χ2v) is 7.98. The van der Waals surface area contributed by atoms with Gasteiger partial charge in [0.05, 0.1) is 7.11 Å². The lowest BCUT2D eigenvalue weighted by Crippen LogP contribution is -2.39. The Balaban J connectivity index is 1.72. The highest BCUT2D eigenvalue weighted by Gasteiger charge is 2.30. The van der Waals surface area contributed by atoms with E-state index in [0.717, 1.165) is 53.8 Å². The van der Waals surface area contributed by atoms with Crippen molar-refractivity contribution < 1.29 is 14.3 Å². The average Bonchev–Trinajstić information content (AvgIpc) is 3.08. The topological polar surface area (TPSA) is 49.9 Å². The fraction of sp³-hybridized carbons (Fsp3) is 0.636. The molecule has 2 aliphatic rings. The van der Waals surface area contributed by atoms with Crippen LogP contribution in [0.5, 0.6) is 5.75 Å². The van der Waals surface area contributed by atoms with Gasteiger partial charge in [-0.25, -0.2) is 0 Å². The molecule has 0 bridgehead atoms. The van der Waals surface area contributed by atoms with Gasteiger partial charge in [0.1, 0.15) is 5.75 Å². The van der Waals surface area contributed by atoms with Crippen LogP contribution in [-0.4, -0.2) is 54.9 Å². The predicted molar refractivity (Wildman–Crippen MR) is 106 cm³/mol. The molecular weight excluding hydrogens is 340 g/mol. The first-order chi connectivity index (χ1) is 12.9. The number of hydrogen-bond acceptors (Lipinski definition) is 3. The SMILES string of the molecule is COc1c(C)cc(C(=O)N2CCCN(C(=O)C3CCCC3)CC2)c(C)c1C. The summed E-state index contributed by atoms with van der Waals surface area (Å²) in [7, 11) is 1.67. The van der Waals surface area contributed by atoms with Crippen molar-refractivity contribution >= 4 is 11.8 Å². The van der Waals surface area contributed by atoms with E-state index in [9.17, 15) is 9.59 Å². The van der Waals surface area contributed by atoms with E-state index in [2.05, 4.69) is 0 Å². The number of rotatable bonds is 3. The van der Waals surface area contributed by atoms with Crippen molar-refractivity contribution in [2.45, 2.75) is 52.9 Å². The van der Waals surface area contributed by atoms with Crippen LogP contribution in [0.4, 0.5) is 0 Å². The van der Waals surface area contributed by atoms with Crippen molar-refractivity contribution in [1.82, 2.24) is 9.80 Å². The molecule has 0 radical (unpaired) electrons. The summed E-state index contributed by atoms with van der Waals surface area (Å²) in [6.45, 7) is 8.69. The molecule has 1 heterocycles. The second kappa shape index (κ2) is 8.32. The van der Waals surface area contributed by atoms with Gasteiger partial charge >= 0.3 is 0 Å². The first-order valence-electron chi connectivity index (χ1n) is 10.2. The van der Waals surface area contributed by atoms with Crippen LogP contribution in [0.25, 0.3) is 0 Å². The Kier molecular flexibility index (Phi) is 6.08. The van der Waals surface area contributed by atoms with Crippen molar-refractivity contribution in [2.75, 3.05) is 33.3 Å². The molecule has 0 unspecified atom stereocenters. The third-order valence-corrected chi connectivity index (χ3v) is 6.26. The van der Waals surface area contributed by atoms with Crippen LogP contribution in [0.2, 0.25) is 0 Å². The number of ether oxygens (including phenoxy) is 1. The molecule has 3 rings (SSSR count). The summed E-state index contributed by atoms with van der Waals surface area (Å²) in [5.74, 6) is 1.43. The second-order valence-electron chi connectivity index (χ2n) is 7.98. The molecule has 2 fully saturated rings. The highest BCUT2D eigenvalue weighted by atomic mass is 16.5. The average molecular weight is 373 g/mol. The molecule has 0 atom stereocenters. The Hall–Kier alpha value is -2.04. The van der Waals surface area contributed by atoms with Crippen LogP contribution >= 0.6 is 0 Å². The molecule has 1 saturated carbocycles. The highest BCUT2D eigenvalue weighted by Crippen LogP contribution is 2.30. The Morgan fingerprint density at radius 1 is 0.926 bits per heavy atom. The predicted octanol–water partition coefficient (Wildman–Crippen LogP) is 3.49. The third kappa shape index (κ3) is 3.97. The number of aryl methyl sites for hydroxylation is 1. The lowest BCUT2D eigenvalue weighted by atomic mass is 9.97. The maximum Gasteiger partial charge on any atom is 0.254 e. The highest BCUT2D eigenvalue weighted by molar-refractivity contribution is 5.96. The largest absolute Gasteiger partial charge is 0.496 e. The maximum atomic E-state index is 13.2. The lowest BCUT2D eigenvalue weighted by Gasteiger charge is -2.25. The van der Waals surface area contributed by atoms with Gasteiger partial charge in [-0.15, -0.1) is 0 Å². The van der Waals surface area contributed by atoms with Crippen LogP contribution in [0.1, 0.15) is 59.2 Å². The molecule has 0 aromatic heterocycles. The van der Waals surface area contributed by atoms with E-state index in [4.69, 9.17) is 4.74 Å². The van der Waals surface area contributed by atoms with E-state index >= 15 is 0 Å². The summed E-state index contributed by atoms with van der Waals surface area (Å²) < 4.78 is 5.48. The molecule has 0 spiro atoms. The molecule has 1 aliphatic heterocycles. The third-order valence-electron chi connectivity index (χ3n) is 6.26. The van der Waals surface area contributed by atoms with Crippen molar-refractivity contribution in [3.63, 3.8) is 0 Å². The summed E-state index contributed by atoms with van der Waals surface area (Å²) in [4.78, 5) is 29.8. The zero-order chi connectivity index (χ0) is 19.6. The Bertz CT molecular complexity index is 723. The fourth-order valence-corrected chi connectivity index (χ4v) is 4.54. The van der Waals surface area contributed by atoms with E-state index in [-0.39, 0.29) is 11.8 Å². The molecule has 5 nitrogen and oxygen atoms in total. The van der Waals surface area contributed by atoms with Crippen LogP contribution in [0.3, 0.4) is 0 Å². The van der Waals surface area contributed by atoms with E-state index in [1.165, 1.54) is 12.8 Å². The van der Waals surface area contributed by atoms with E-state index in [1.807, 2.05) is 36.6 Å². The molecule has 1 saturated heterocycles. The van der Waals surface area contributed by atoms with Crippen molar-refractivity contribution in [3.05, 3.63) is 28.3 Å². The summed E-state index contributed by atoms with van der Waals surface area (Å²) in [6, 6.07) is 1.94. The minimum absolute atomic E-state index is 0.0662. The van der Waals surface area contributed by atoms with E-state index < -0.39 is 0 Å². The van der Waals surface area contributed by atoms with Crippen LogP contribution in [0.15, 0.2) is 6.07 Å². The van der Waals surface area contributed by atoms with Gasteiger partial charge in [0.15, 0.2) is 0 Å². The number of carbonyl (C=O) groups is 2. The fourth-order valence-electron chi connectivity index (χ4n) is 4.54. The molecule has 1 aromatic carbocycles. The number of methoxy groups -OCH3 is 1. The smallest absolute Gasteiger partial charge is 0.254 e. The van der Waals surface area contributed by atoms with Crippen LogP contribution in [-0.2, 0) is 4.79 Å². The number of amides is 2. The monoisotopic (exact) mass is 372 g/mol. The number of benzene rings is 1. The standard InChI is InChI=1S/C22H32N2O3/c1-15-14-19(16(2)17(3)20(15)27-4)22(26)24-11-7-10-23(12-13-24)21(25)18-8-5-6-9-18/h14,18H,5-13H2,1-4H3. The van der Waals surface area contributed by atoms with E-state index in [0.29, 0.717) is 25.5 Å². The summed E-state index contributed by atoms with van der Waals surface area (Å²) in [6.07, 6.45) is 5.25. The minimum Gasteiger partial charge on any atom is -0.496 e. The maximum absolute atomic E-state index is 13.2. The Labute approximate surface area is 162 Å². The first-order valence-corrected chi connectivity index (χ1v) is 10.2. The summed E-state index contributed by atoms with van der Waals surface area (Å²) in [5, 5.41) is 0. The van der Waals surface area contributed by atoms with Gasteiger partial charge in [-0.05, 0) is 62.8 Å². The van der Waals surface area contributed by atoms with Crippen LogP contribution < -0.4 is 4.74 Å². The quantitative estimate of drug-likeness (QED) is 0.816. The van der Waals surface area contributed by atoms with Crippen molar-refractivity contribution in [1.29, 1.82) is 0 Å². The van der Waals surface area contributed by atoms with Gasteiger partial charge in [0.2, 0.25) is 5.91 Å². The molecule has 1 aliphatic carbocycles. The summed E-state index contributed by atoms with van der Waals surface area (Å²) >= 11 is 0. The molecule has 27 heavy (non-hydrogen) atoms. The molecule has 2 amide bonds. The molecule has 0 N–H and O–H groups in total. The number of hydrogen-bond donors (Lipinski definition) is 0. The first kappa shape index (κ1) is 19.7. The van der Waals surface area contributed by atoms with Gasteiger partial charge in [-0.2, -0.15) is 0 Å². The van der Waals surface area contributed by atoms with Gasteiger partial charge in [-0.3, -0.25) is 9.59 Å². The van der Waals surface area contributed by atoms with Gasteiger partial charge in [0.25, 0.3) is 5.91 Å². The zero-order valence-electron chi connectivity index (χ0n) is 17.1. The lowest BCUT2D eigenvalue weighted by molar-refractivity contribution is -0.135. The van der Waals surface area contributed by atoms with Crippen LogP contribution in [0, 0.1) is 26.7 Å². The van der Waals surface area contributed by atoms with Gasteiger partial charge in [0, 0.05) is 37.7 Å². The van der Waals surface area contributed by atoms with Crippen molar-refractivity contribution in [3.8, 4) is 5.75 Å². The molecule has 148 valence electrons. The molecule has 1 aromatic rings. The molecular formula is C22H32N2O3. The number of nitrogens with zero attached hydrogens (tertiary/aromatic N) is 2. The normalized spacial score (nSPS) is 18.5. The minimum atomic E-state index is 0.0662. The number of carbonyl (C=O) groups excluding carboxylic acids is 2. The van der Waals surface area contributed by atoms with E-state index in [1.54, 1.807) is 7.11 Å².